The van der Waals surface area contributed by atoms with Gasteiger partial charge in [0.15, 0.2) is 5.78 Å². The van der Waals surface area contributed by atoms with Gasteiger partial charge in [0, 0.05) is 37.4 Å². The van der Waals surface area contributed by atoms with Gasteiger partial charge in [0.05, 0.1) is 11.5 Å². The summed E-state index contributed by atoms with van der Waals surface area (Å²) < 4.78 is 0. The number of carbonyl (C=O) groups is 2. The van der Waals surface area contributed by atoms with E-state index in [1.54, 1.807) is 6.92 Å². The van der Waals surface area contributed by atoms with Gasteiger partial charge in [-0.25, -0.2) is 0 Å². The predicted octanol–water partition coefficient (Wildman–Crippen LogP) is 3.42. The summed E-state index contributed by atoms with van der Waals surface area (Å²) in [4.78, 5) is 29.5. The maximum absolute atomic E-state index is 13.6. The molecule has 0 radical (unpaired) electrons. The minimum absolute atomic E-state index is 0.0791. The Hall–Kier alpha value is -2.70. The van der Waals surface area contributed by atoms with E-state index in [4.69, 9.17) is 0 Å². The highest BCUT2D eigenvalue weighted by atomic mass is 16.4. The molecule has 0 aromatic heterocycles. The second-order valence-electron chi connectivity index (χ2n) is 8.83. The van der Waals surface area contributed by atoms with E-state index >= 15 is 0 Å². The van der Waals surface area contributed by atoms with Crippen LogP contribution in [0, 0.1) is 0 Å². The monoisotopic (exact) mass is 437 g/mol. The summed E-state index contributed by atoms with van der Waals surface area (Å²) in [5.41, 5.74) is 2.91. The van der Waals surface area contributed by atoms with Crippen LogP contribution in [-0.4, -0.2) is 67.6 Å². The lowest BCUT2D eigenvalue weighted by Gasteiger charge is -2.34. The number of hydrogen-bond acceptors (Lipinski definition) is 5. The largest absolute Gasteiger partial charge is 0.481 e. The average molecular weight is 438 g/mol. The van der Waals surface area contributed by atoms with Gasteiger partial charge in [-0.3, -0.25) is 9.59 Å². The number of Topliss-reactive ketones (excluding diaryl/α,β-unsaturated/α-hetero) is 1. The fourth-order valence-electron chi connectivity index (χ4n) is 4.32. The zero-order valence-electron chi connectivity index (χ0n) is 19.6. The maximum atomic E-state index is 13.6. The molecule has 2 unspecified atom stereocenters. The molecule has 0 aliphatic carbocycles. The molecule has 0 spiro atoms. The second kappa shape index (κ2) is 10.3. The first-order valence-electron chi connectivity index (χ1n) is 11.4. The van der Waals surface area contributed by atoms with E-state index in [0.717, 1.165) is 43.0 Å². The molecule has 3 rings (SSSR count). The minimum Gasteiger partial charge on any atom is -0.481 e. The molecular formula is C26H35N3O3. The van der Waals surface area contributed by atoms with E-state index in [1.165, 1.54) is 0 Å². The zero-order chi connectivity index (χ0) is 23.3. The maximum Gasteiger partial charge on any atom is 0.310 e. The summed E-state index contributed by atoms with van der Waals surface area (Å²) in [6, 6.07) is 15.5. The summed E-state index contributed by atoms with van der Waals surface area (Å²) in [7, 11) is 3.97. The third-order valence-electron chi connectivity index (χ3n) is 6.87. The number of aliphatic carboxylic acids is 1. The standard InChI is InChI=1S/C26H35N3O3/c1-5-26(27-3,18-20-6-8-21(9-7-20)19(2)25(31)32)24(30)22-10-12-23(13-11-22)29-16-14-28(4)15-17-29/h6-13,19,27H,5,14-18H2,1-4H3,(H,31,32). The van der Waals surface area contributed by atoms with Crippen LogP contribution in [-0.2, 0) is 11.2 Å². The number of ketones is 1. The predicted molar refractivity (Wildman–Crippen MR) is 129 cm³/mol. The number of piperazine rings is 1. The lowest BCUT2D eigenvalue weighted by atomic mass is 9.81. The van der Waals surface area contributed by atoms with Crippen molar-refractivity contribution in [3.8, 4) is 0 Å². The number of hydrogen-bond donors (Lipinski definition) is 2. The Morgan fingerprint density at radius 2 is 1.62 bits per heavy atom. The van der Waals surface area contributed by atoms with E-state index in [2.05, 4.69) is 34.3 Å². The lowest BCUT2D eigenvalue weighted by Crippen LogP contribution is -2.51. The average Bonchev–Trinajstić information content (AvgIpc) is 2.82. The first-order chi connectivity index (χ1) is 15.3. The Bertz CT molecular complexity index is 912. The molecule has 2 aromatic carbocycles. The molecule has 6 heteroatoms. The summed E-state index contributed by atoms with van der Waals surface area (Å²) in [6.45, 7) is 7.78. The van der Waals surface area contributed by atoms with Crippen molar-refractivity contribution < 1.29 is 14.7 Å². The molecule has 0 bridgehead atoms. The number of benzene rings is 2. The van der Waals surface area contributed by atoms with Gasteiger partial charge >= 0.3 is 5.97 Å². The molecule has 2 N–H and O–H groups in total. The molecule has 1 saturated heterocycles. The molecule has 1 aliphatic rings. The van der Waals surface area contributed by atoms with Crippen LogP contribution in [0.2, 0.25) is 0 Å². The molecule has 0 amide bonds. The van der Waals surface area contributed by atoms with E-state index in [1.807, 2.05) is 50.4 Å². The summed E-state index contributed by atoms with van der Waals surface area (Å²) in [5.74, 6) is -1.31. The second-order valence-corrected chi connectivity index (χ2v) is 8.83. The summed E-state index contributed by atoms with van der Waals surface area (Å²) in [5, 5.41) is 12.5. The smallest absolute Gasteiger partial charge is 0.310 e. The lowest BCUT2D eigenvalue weighted by molar-refractivity contribution is -0.138. The Kier molecular flexibility index (Phi) is 7.69. The highest BCUT2D eigenvalue weighted by Crippen LogP contribution is 2.26. The van der Waals surface area contributed by atoms with E-state index in [9.17, 15) is 14.7 Å². The number of anilines is 1. The molecule has 172 valence electrons. The summed E-state index contributed by atoms with van der Waals surface area (Å²) >= 11 is 0. The third kappa shape index (κ3) is 5.19. The quantitative estimate of drug-likeness (QED) is 0.586. The van der Waals surface area contributed by atoms with E-state index in [0.29, 0.717) is 18.4 Å². The topological polar surface area (TPSA) is 72.9 Å². The number of nitrogens with one attached hydrogen (secondary N) is 1. The number of rotatable bonds is 9. The van der Waals surface area contributed by atoms with Crippen molar-refractivity contribution in [2.75, 3.05) is 45.2 Å². The molecule has 2 atom stereocenters. The number of likely N-dealkylation sites (N-methyl/N-ethyl adjacent to an activating group) is 2. The molecular weight excluding hydrogens is 402 g/mol. The van der Waals surface area contributed by atoms with Crippen LogP contribution >= 0.6 is 0 Å². The van der Waals surface area contributed by atoms with Crippen molar-refractivity contribution in [3.63, 3.8) is 0 Å². The number of carbonyl (C=O) groups excluding carboxylic acids is 1. The Balaban J connectivity index is 1.76. The number of nitrogens with zero attached hydrogens (tertiary/aromatic N) is 2. The van der Waals surface area contributed by atoms with Crippen LogP contribution in [0.15, 0.2) is 48.5 Å². The SMILES string of the molecule is CCC(Cc1ccc(C(C)C(=O)O)cc1)(NC)C(=O)c1ccc(N2CCN(C)CC2)cc1. The number of carboxylic acids is 1. The summed E-state index contributed by atoms with van der Waals surface area (Å²) in [6.07, 6.45) is 1.19. The molecule has 1 aliphatic heterocycles. The van der Waals surface area contributed by atoms with Gasteiger partial charge in [-0.05, 0) is 69.3 Å². The van der Waals surface area contributed by atoms with Gasteiger partial charge in [0.1, 0.15) is 0 Å². The molecule has 32 heavy (non-hydrogen) atoms. The van der Waals surface area contributed by atoms with Crippen LogP contribution < -0.4 is 10.2 Å². The van der Waals surface area contributed by atoms with Crippen molar-refractivity contribution in [1.82, 2.24) is 10.2 Å². The van der Waals surface area contributed by atoms with Crippen molar-refractivity contribution in [3.05, 3.63) is 65.2 Å². The van der Waals surface area contributed by atoms with Crippen molar-refractivity contribution in [2.24, 2.45) is 0 Å². The van der Waals surface area contributed by atoms with Gasteiger partial charge in [0.25, 0.3) is 0 Å². The Morgan fingerprint density at radius 3 is 2.12 bits per heavy atom. The zero-order valence-corrected chi connectivity index (χ0v) is 19.6. The number of carboxylic acid groups (broad SMARTS) is 1. The van der Waals surface area contributed by atoms with Crippen LogP contribution in [0.5, 0.6) is 0 Å². The fraction of sp³-hybridized carbons (Fsp3) is 0.462. The van der Waals surface area contributed by atoms with Crippen molar-refractivity contribution >= 4 is 17.4 Å². The molecule has 1 fully saturated rings. The normalized spacial score (nSPS) is 17.6. The van der Waals surface area contributed by atoms with Gasteiger partial charge in [-0.2, -0.15) is 0 Å². The first-order valence-corrected chi connectivity index (χ1v) is 11.4. The van der Waals surface area contributed by atoms with Crippen molar-refractivity contribution in [1.29, 1.82) is 0 Å². The van der Waals surface area contributed by atoms with Gasteiger partial charge in [-0.1, -0.05) is 31.2 Å². The van der Waals surface area contributed by atoms with E-state index in [-0.39, 0.29) is 5.78 Å². The van der Waals surface area contributed by atoms with Crippen LogP contribution in [0.3, 0.4) is 0 Å². The first kappa shape index (κ1) is 24.0. The van der Waals surface area contributed by atoms with Crippen LogP contribution in [0.25, 0.3) is 0 Å². The third-order valence-corrected chi connectivity index (χ3v) is 6.87. The van der Waals surface area contributed by atoms with Crippen LogP contribution in [0.1, 0.15) is 47.7 Å². The van der Waals surface area contributed by atoms with Crippen molar-refractivity contribution in [2.45, 2.75) is 38.1 Å². The Labute approximate surface area is 191 Å². The van der Waals surface area contributed by atoms with Gasteiger partial charge < -0.3 is 20.2 Å². The van der Waals surface area contributed by atoms with E-state index < -0.39 is 17.4 Å². The van der Waals surface area contributed by atoms with Gasteiger partial charge in [0.2, 0.25) is 0 Å². The minimum atomic E-state index is -0.842. The molecule has 0 saturated carbocycles. The Morgan fingerprint density at radius 1 is 1.03 bits per heavy atom. The molecule has 2 aromatic rings. The van der Waals surface area contributed by atoms with Gasteiger partial charge in [-0.15, -0.1) is 0 Å². The molecule has 1 heterocycles. The fourth-order valence-corrected chi connectivity index (χ4v) is 4.32. The highest BCUT2D eigenvalue weighted by molar-refractivity contribution is 6.03. The van der Waals surface area contributed by atoms with Crippen LogP contribution in [0.4, 0.5) is 5.69 Å². The highest BCUT2D eigenvalue weighted by Gasteiger charge is 2.36. The molecule has 6 nitrogen and oxygen atoms in total.